The molecule has 0 aromatic heterocycles. The Balaban J connectivity index is 2.26. The second kappa shape index (κ2) is 23.9. The number of aryl methyl sites for hydroxylation is 2. The Morgan fingerprint density at radius 3 is 1.75 bits per heavy atom. The fraction of sp³-hybridized carbons (Fsp3) is 0.630. The zero-order valence-corrected chi connectivity index (χ0v) is 36.3. The van der Waals surface area contributed by atoms with Crippen molar-refractivity contribution >= 4 is 29.7 Å². The van der Waals surface area contributed by atoms with E-state index in [1.807, 2.05) is 27.7 Å². The summed E-state index contributed by atoms with van der Waals surface area (Å²) in [5, 5.41) is 18.0. The number of carbonyl (C=O) groups excluding carboxylic acids is 4. The molecular weight excluding hydrogens is 723 g/mol. The summed E-state index contributed by atoms with van der Waals surface area (Å²) in [6.07, 6.45) is 5.86. The number of benzene rings is 2. The van der Waals surface area contributed by atoms with E-state index in [4.69, 9.17) is 9.47 Å². The molecule has 0 saturated heterocycles. The van der Waals surface area contributed by atoms with Crippen molar-refractivity contribution in [2.45, 2.75) is 169 Å². The number of Topliss-reactive ketones (excluding diaryl/α,β-unsaturated/α-hetero) is 1. The Kier molecular flexibility index (Phi) is 20.5. The van der Waals surface area contributed by atoms with Gasteiger partial charge in [0.05, 0.1) is 11.7 Å². The summed E-state index contributed by atoms with van der Waals surface area (Å²) in [5.41, 5.74) is 3.28. The summed E-state index contributed by atoms with van der Waals surface area (Å²) >= 11 is 0. The van der Waals surface area contributed by atoms with Crippen LogP contribution >= 0.6 is 0 Å². The van der Waals surface area contributed by atoms with Crippen molar-refractivity contribution < 1.29 is 38.6 Å². The van der Waals surface area contributed by atoms with Crippen LogP contribution in [0.25, 0.3) is 11.1 Å². The second-order valence-electron chi connectivity index (χ2n) is 17.3. The van der Waals surface area contributed by atoms with Crippen LogP contribution in [0.15, 0.2) is 48.5 Å². The van der Waals surface area contributed by atoms with Crippen LogP contribution < -0.4 is 16.0 Å². The van der Waals surface area contributed by atoms with Gasteiger partial charge in [-0.25, -0.2) is 9.59 Å². The van der Waals surface area contributed by atoms with E-state index in [0.29, 0.717) is 25.7 Å². The van der Waals surface area contributed by atoms with E-state index in [-0.39, 0.29) is 25.3 Å². The number of alkyl carbamates (subject to hydrolysis) is 1. The lowest BCUT2D eigenvalue weighted by atomic mass is 9.92. The summed E-state index contributed by atoms with van der Waals surface area (Å²) in [4.78, 5) is 65.5. The van der Waals surface area contributed by atoms with Crippen molar-refractivity contribution in [2.75, 3.05) is 6.54 Å². The Morgan fingerprint density at radius 1 is 0.684 bits per heavy atom. The van der Waals surface area contributed by atoms with Crippen molar-refractivity contribution in [3.63, 3.8) is 0 Å². The van der Waals surface area contributed by atoms with Crippen LogP contribution in [-0.4, -0.2) is 70.7 Å². The molecule has 4 N–H and O–H groups in total. The van der Waals surface area contributed by atoms with Gasteiger partial charge in [-0.2, -0.15) is 0 Å². The fourth-order valence-electron chi connectivity index (χ4n) is 6.57. The highest BCUT2D eigenvalue weighted by atomic mass is 16.6. The van der Waals surface area contributed by atoms with E-state index in [9.17, 15) is 29.1 Å². The van der Waals surface area contributed by atoms with Crippen LogP contribution in [0.1, 0.15) is 138 Å². The quantitative estimate of drug-likeness (QED) is 0.0769. The average molecular weight is 794 g/mol. The molecule has 0 fully saturated rings. The molecule has 318 valence electrons. The van der Waals surface area contributed by atoms with Crippen molar-refractivity contribution in [1.29, 1.82) is 0 Å². The zero-order valence-electron chi connectivity index (χ0n) is 36.3. The Bertz CT molecular complexity index is 1560. The molecule has 2 aromatic rings. The largest absolute Gasteiger partial charge is 0.480 e. The molecule has 0 saturated carbocycles. The predicted octanol–water partition coefficient (Wildman–Crippen LogP) is 8.59. The van der Waals surface area contributed by atoms with Gasteiger partial charge in [0.1, 0.15) is 17.7 Å². The first-order valence-electron chi connectivity index (χ1n) is 20.9. The standard InChI is InChI=1S/C46H71N3O8/c1-11-13-15-17-38(43(53)54)48-41(51)31(3)30-39(50)40(32(4)56-45(5,6)7)49-42(52)37(28-29-47-44(55)57-46(8,9)10)27-22-34-20-25-36(26-21-34)35-23-18-33(19-24-35)16-14-12-2/h18-21,23-26,31-32,37-38,40H,11-17,22,27-30H2,1-10H3,(H,47,55)(H,48,51)(H,49,52)(H,53,54)/t31-,32-,37+,38+,40+/m1/s1. The van der Waals surface area contributed by atoms with Gasteiger partial charge in [0.2, 0.25) is 11.8 Å². The number of hydrogen-bond acceptors (Lipinski definition) is 7. The van der Waals surface area contributed by atoms with Crippen LogP contribution in [0.2, 0.25) is 0 Å². The molecule has 0 radical (unpaired) electrons. The van der Waals surface area contributed by atoms with Crippen molar-refractivity contribution in [1.82, 2.24) is 16.0 Å². The van der Waals surface area contributed by atoms with Crippen molar-refractivity contribution in [2.24, 2.45) is 11.8 Å². The van der Waals surface area contributed by atoms with E-state index in [0.717, 1.165) is 42.4 Å². The number of ether oxygens (including phenoxy) is 2. The van der Waals surface area contributed by atoms with Crippen LogP contribution in [0.4, 0.5) is 4.79 Å². The molecule has 2 aromatic carbocycles. The van der Waals surface area contributed by atoms with Gasteiger partial charge in [-0.1, -0.05) is 95.0 Å². The molecule has 11 nitrogen and oxygen atoms in total. The first kappa shape index (κ1) is 48.9. The van der Waals surface area contributed by atoms with Gasteiger partial charge in [0, 0.05) is 24.8 Å². The second-order valence-corrected chi connectivity index (χ2v) is 17.3. The van der Waals surface area contributed by atoms with Gasteiger partial charge in [-0.05, 0) is 109 Å². The number of carbonyl (C=O) groups is 5. The maximum atomic E-state index is 14.1. The van der Waals surface area contributed by atoms with E-state index in [1.165, 1.54) is 12.0 Å². The first-order chi connectivity index (χ1) is 26.7. The lowest BCUT2D eigenvalue weighted by Crippen LogP contribution is -2.53. The van der Waals surface area contributed by atoms with Crippen LogP contribution in [0, 0.1) is 11.8 Å². The number of carboxylic acids is 1. The zero-order chi connectivity index (χ0) is 42.8. The van der Waals surface area contributed by atoms with Gasteiger partial charge in [0.25, 0.3) is 0 Å². The molecule has 0 aliphatic carbocycles. The number of unbranched alkanes of at least 4 members (excludes halogenated alkanes) is 3. The van der Waals surface area contributed by atoms with Gasteiger partial charge in [-0.15, -0.1) is 0 Å². The molecule has 0 heterocycles. The molecule has 5 atom stereocenters. The number of rotatable bonds is 24. The van der Waals surface area contributed by atoms with E-state index in [1.54, 1.807) is 34.6 Å². The minimum absolute atomic E-state index is 0.174. The number of carboxylic acid groups (broad SMARTS) is 1. The summed E-state index contributed by atoms with van der Waals surface area (Å²) < 4.78 is 11.6. The third kappa shape index (κ3) is 19.2. The maximum absolute atomic E-state index is 14.1. The van der Waals surface area contributed by atoms with Gasteiger partial charge in [0.15, 0.2) is 5.78 Å². The lowest BCUT2D eigenvalue weighted by molar-refractivity contribution is -0.143. The molecule has 0 unspecified atom stereocenters. The molecule has 0 aliphatic rings. The van der Waals surface area contributed by atoms with E-state index >= 15 is 0 Å². The molecular formula is C46H71N3O8. The topological polar surface area (TPSA) is 160 Å². The van der Waals surface area contributed by atoms with Crippen LogP contribution in [-0.2, 0) is 41.5 Å². The lowest BCUT2D eigenvalue weighted by Gasteiger charge is -2.32. The maximum Gasteiger partial charge on any atom is 0.407 e. The average Bonchev–Trinajstić information content (AvgIpc) is 3.12. The van der Waals surface area contributed by atoms with Crippen LogP contribution in [0.5, 0.6) is 0 Å². The van der Waals surface area contributed by atoms with E-state index in [2.05, 4.69) is 71.4 Å². The normalized spacial score (nSPS) is 14.4. The van der Waals surface area contributed by atoms with Gasteiger partial charge < -0.3 is 30.5 Å². The van der Waals surface area contributed by atoms with Gasteiger partial charge >= 0.3 is 12.1 Å². The SMILES string of the molecule is CCCCC[C@H](NC(=O)[C@H](C)CC(=O)[C@@H](NC(=O)[C@H](CCNC(=O)OC(C)(C)C)CCc1ccc(-c2ccc(CCCC)cc2)cc1)[C@@H](C)OC(C)(C)C)C(=O)O. The van der Waals surface area contributed by atoms with Crippen molar-refractivity contribution in [3.05, 3.63) is 59.7 Å². The third-order valence-electron chi connectivity index (χ3n) is 9.69. The fourth-order valence-corrected chi connectivity index (χ4v) is 6.57. The number of ketones is 1. The minimum atomic E-state index is -1.12. The molecule has 0 spiro atoms. The highest BCUT2D eigenvalue weighted by Gasteiger charge is 2.34. The van der Waals surface area contributed by atoms with Crippen LogP contribution in [0.3, 0.4) is 0 Å². The first-order valence-corrected chi connectivity index (χ1v) is 20.9. The molecule has 0 bridgehead atoms. The summed E-state index contributed by atoms with van der Waals surface area (Å²) in [7, 11) is 0. The molecule has 11 heteroatoms. The monoisotopic (exact) mass is 794 g/mol. The summed E-state index contributed by atoms with van der Waals surface area (Å²) in [6, 6.07) is 14.8. The number of nitrogens with one attached hydrogen (secondary N) is 3. The Labute approximate surface area is 341 Å². The number of amides is 3. The highest BCUT2D eigenvalue weighted by molar-refractivity contribution is 5.94. The smallest absolute Gasteiger partial charge is 0.407 e. The Hall–Kier alpha value is -4.25. The molecule has 57 heavy (non-hydrogen) atoms. The predicted molar refractivity (Wildman–Crippen MR) is 226 cm³/mol. The molecule has 3 amide bonds. The van der Waals surface area contributed by atoms with Crippen molar-refractivity contribution in [3.8, 4) is 11.1 Å². The highest BCUT2D eigenvalue weighted by Crippen LogP contribution is 2.24. The summed E-state index contributed by atoms with van der Waals surface area (Å²) in [5.74, 6) is -3.87. The minimum Gasteiger partial charge on any atom is -0.480 e. The Morgan fingerprint density at radius 2 is 1.25 bits per heavy atom. The van der Waals surface area contributed by atoms with Gasteiger partial charge in [-0.3, -0.25) is 14.4 Å². The third-order valence-corrected chi connectivity index (χ3v) is 9.69. The molecule has 2 rings (SSSR count). The number of hydrogen-bond donors (Lipinski definition) is 4. The van der Waals surface area contributed by atoms with E-state index < -0.39 is 65.0 Å². The number of aliphatic carboxylic acids is 1. The summed E-state index contributed by atoms with van der Waals surface area (Å²) in [6.45, 7) is 18.6. The molecule has 0 aliphatic heterocycles.